The lowest BCUT2D eigenvalue weighted by Gasteiger charge is -2.19. The molecule has 2 unspecified atom stereocenters. The van der Waals surface area contributed by atoms with Crippen molar-refractivity contribution in [2.24, 2.45) is 11.7 Å². The molecule has 4 nitrogen and oxygen atoms in total. The van der Waals surface area contributed by atoms with Crippen molar-refractivity contribution in [1.82, 2.24) is 5.32 Å². The number of amides is 1. The van der Waals surface area contributed by atoms with Gasteiger partial charge in [-0.05, 0) is 56.3 Å². The highest BCUT2D eigenvalue weighted by Gasteiger charge is 2.27. The van der Waals surface area contributed by atoms with Gasteiger partial charge in [-0.1, -0.05) is 18.6 Å². The lowest BCUT2D eigenvalue weighted by atomic mass is 10.0. The van der Waals surface area contributed by atoms with Gasteiger partial charge in [-0.2, -0.15) is 0 Å². The standard InChI is InChI=1S/C17H26N2O2.ClH/c1-12-6-7-13(2)16(10-12)21-9-8-17(20)19-15-5-3-4-14(15)11-18;/h6-7,10,14-15H,3-5,8-9,11,18H2,1-2H3,(H,19,20);1H. The lowest BCUT2D eigenvalue weighted by molar-refractivity contribution is -0.122. The Morgan fingerprint density at radius 3 is 2.86 bits per heavy atom. The number of carbonyl (C=O) groups is 1. The van der Waals surface area contributed by atoms with Crippen LogP contribution < -0.4 is 15.8 Å². The van der Waals surface area contributed by atoms with E-state index in [0.29, 0.717) is 25.5 Å². The molecule has 1 aliphatic carbocycles. The summed E-state index contributed by atoms with van der Waals surface area (Å²) in [6.07, 6.45) is 3.72. The van der Waals surface area contributed by atoms with E-state index in [0.717, 1.165) is 36.1 Å². The van der Waals surface area contributed by atoms with E-state index in [-0.39, 0.29) is 24.4 Å². The molecule has 0 bridgehead atoms. The minimum Gasteiger partial charge on any atom is -0.493 e. The van der Waals surface area contributed by atoms with Gasteiger partial charge in [0.05, 0.1) is 13.0 Å². The van der Waals surface area contributed by atoms with E-state index in [9.17, 15) is 4.79 Å². The number of carbonyl (C=O) groups excluding carboxylic acids is 1. The highest BCUT2D eigenvalue weighted by Crippen LogP contribution is 2.24. The topological polar surface area (TPSA) is 64.3 Å². The molecular formula is C17H27ClN2O2. The normalized spacial score (nSPS) is 20.3. The number of halogens is 1. The highest BCUT2D eigenvalue weighted by atomic mass is 35.5. The summed E-state index contributed by atoms with van der Waals surface area (Å²) in [6.45, 7) is 5.12. The first-order valence-corrected chi connectivity index (χ1v) is 7.79. The van der Waals surface area contributed by atoms with Gasteiger partial charge in [0.15, 0.2) is 0 Å². The number of hydrogen-bond donors (Lipinski definition) is 2. The van der Waals surface area contributed by atoms with Crippen LogP contribution in [0.3, 0.4) is 0 Å². The first-order chi connectivity index (χ1) is 10.1. The zero-order valence-electron chi connectivity index (χ0n) is 13.4. The molecule has 2 rings (SSSR count). The largest absolute Gasteiger partial charge is 0.493 e. The van der Waals surface area contributed by atoms with Crippen LogP contribution in [0.25, 0.3) is 0 Å². The third kappa shape index (κ3) is 5.18. The van der Waals surface area contributed by atoms with Crippen LogP contribution in [0, 0.1) is 19.8 Å². The molecule has 1 fully saturated rings. The lowest BCUT2D eigenvalue weighted by Crippen LogP contribution is -2.40. The summed E-state index contributed by atoms with van der Waals surface area (Å²) in [6, 6.07) is 6.36. The fraction of sp³-hybridized carbons (Fsp3) is 0.588. The minimum atomic E-state index is 0. The molecule has 1 aromatic carbocycles. The van der Waals surface area contributed by atoms with Crippen molar-refractivity contribution in [3.05, 3.63) is 29.3 Å². The Bertz CT molecular complexity index is 494. The van der Waals surface area contributed by atoms with Crippen molar-refractivity contribution in [3.8, 4) is 5.75 Å². The summed E-state index contributed by atoms with van der Waals surface area (Å²) >= 11 is 0. The van der Waals surface area contributed by atoms with Crippen LogP contribution in [-0.4, -0.2) is 25.1 Å². The number of benzene rings is 1. The quantitative estimate of drug-likeness (QED) is 0.844. The summed E-state index contributed by atoms with van der Waals surface area (Å²) in [5.41, 5.74) is 7.99. The number of hydrogen-bond acceptors (Lipinski definition) is 3. The molecule has 1 aromatic rings. The summed E-state index contributed by atoms with van der Waals surface area (Å²) in [4.78, 5) is 12.0. The molecule has 0 radical (unpaired) electrons. The second-order valence-electron chi connectivity index (χ2n) is 5.97. The van der Waals surface area contributed by atoms with E-state index in [1.807, 2.05) is 26.0 Å². The van der Waals surface area contributed by atoms with Crippen LogP contribution in [0.15, 0.2) is 18.2 Å². The molecule has 0 aromatic heterocycles. The van der Waals surface area contributed by atoms with Crippen molar-refractivity contribution >= 4 is 18.3 Å². The Morgan fingerprint density at radius 1 is 1.36 bits per heavy atom. The Hall–Kier alpha value is -1.26. The van der Waals surface area contributed by atoms with Gasteiger partial charge in [0.25, 0.3) is 0 Å². The molecule has 1 amide bonds. The van der Waals surface area contributed by atoms with Crippen molar-refractivity contribution in [2.45, 2.75) is 45.6 Å². The Balaban J connectivity index is 0.00000242. The average Bonchev–Trinajstić information content (AvgIpc) is 2.89. The fourth-order valence-electron chi connectivity index (χ4n) is 2.90. The van der Waals surface area contributed by atoms with E-state index < -0.39 is 0 Å². The van der Waals surface area contributed by atoms with Gasteiger partial charge in [0, 0.05) is 6.04 Å². The molecule has 5 heteroatoms. The van der Waals surface area contributed by atoms with Crippen LogP contribution in [0.1, 0.15) is 36.8 Å². The van der Waals surface area contributed by atoms with E-state index >= 15 is 0 Å². The SMILES string of the molecule is Cc1ccc(C)c(OCCC(=O)NC2CCCC2CN)c1.Cl. The number of ether oxygens (including phenoxy) is 1. The van der Waals surface area contributed by atoms with E-state index in [2.05, 4.69) is 11.4 Å². The molecule has 0 spiro atoms. The number of aryl methyl sites for hydroxylation is 2. The third-order valence-electron chi connectivity index (χ3n) is 4.24. The molecule has 0 heterocycles. The zero-order valence-corrected chi connectivity index (χ0v) is 14.2. The van der Waals surface area contributed by atoms with Gasteiger partial charge in [0.1, 0.15) is 5.75 Å². The smallest absolute Gasteiger partial charge is 0.223 e. The summed E-state index contributed by atoms with van der Waals surface area (Å²) in [7, 11) is 0. The molecule has 22 heavy (non-hydrogen) atoms. The number of nitrogens with one attached hydrogen (secondary N) is 1. The molecule has 3 N–H and O–H groups in total. The van der Waals surface area contributed by atoms with E-state index in [4.69, 9.17) is 10.5 Å². The van der Waals surface area contributed by atoms with Crippen molar-refractivity contribution in [1.29, 1.82) is 0 Å². The predicted molar refractivity (Wildman–Crippen MR) is 91.6 cm³/mol. The molecule has 0 aliphatic heterocycles. The van der Waals surface area contributed by atoms with E-state index in [1.165, 1.54) is 0 Å². The Kier molecular flexibility index (Phi) is 7.69. The fourth-order valence-corrected chi connectivity index (χ4v) is 2.90. The molecule has 124 valence electrons. The predicted octanol–water partition coefficient (Wildman–Crippen LogP) is 2.74. The van der Waals surface area contributed by atoms with Gasteiger partial charge in [-0.25, -0.2) is 0 Å². The highest BCUT2D eigenvalue weighted by molar-refractivity contribution is 5.85. The Morgan fingerprint density at radius 2 is 2.14 bits per heavy atom. The van der Waals surface area contributed by atoms with Gasteiger partial charge in [-0.15, -0.1) is 12.4 Å². The van der Waals surface area contributed by atoms with Crippen LogP contribution in [-0.2, 0) is 4.79 Å². The van der Waals surface area contributed by atoms with Crippen molar-refractivity contribution in [3.63, 3.8) is 0 Å². The minimum absolute atomic E-state index is 0. The van der Waals surface area contributed by atoms with Crippen LogP contribution >= 0.6 is 12.4 Å². The van der Waals surface area contributed by atoms with Crippen molar-refractivity contribution < 1.29 is 9.53 Å². The maximum Gasteiger partial charge on any atom is 0.223 e. The number of rotatable bonds is 6. The summed E-state index contributed by atoms with van der Waals surface area (Å²) in [5, 5.41) is 3.09. The molecule has 1 aliphatic rings. The second kappa shape index (κ2) is 9.01. The van der Waals surface area contributed by atoms with Gasteiger partial charge >= 0.3 is 0 Å². The molecule has 1 saturated carbocycles. The average molecular weight is 327 g/mol. The monoisotopic (exact) mass is 326 g/mol. The molecule has 0 saturated heterocycles. The molecule has 2 atom stereocenters. The van der Waals surface area contributed by atoms with Gasteiger partial charge < -0.3 is 15.8 Å². The first-order valence-electron chi connectivity index (χ1n) is 7.79. The Labute approximate surface area is 139 Å². The summed E-state index contributed by atoms with van der Waals surface area (Å²) in [5.74, 6) is 1.36. The zero-order chi connectivity index (χ0) is 15.2. The van der Waals surface area contributed by atoms with Crippen LogP contribution in [0.2, 0.25) is 0 Å². The number of nitrogens with two attached hydrogens (primary N) is 1. The molecular weight excluding hydrogens is 300 g/mol. The van der Waals surface area contributed by atoms with Crippen molar-refractivity contribution in [2.75, 3.05) is 13.2 Å². The van der Waals surface area contributed by atoms with Gasteiger partial charge in [0.2, 0.25) is 5.91 Å². The third-order valence-corrected chi connectivity index (χ3v) is 4.24. The maximum absolute atomic E-state index is 12.0. The maximum atomic E-state index is 12.0. The van der Waals surface area contributed by atoms with E-state index in [1.54, 1.807) is 0 Å². The summed E-state index contributed by atoms with van der Waals surface area (Å²) < 4.78 is 5.72. The second-order valence-corrected chi connectivity index (χ2v) is 5.97. The van der Waals surface area contributed by atoms with Crippen LogP contribution in [0.4, 0.5) is 0 Å². The van der Waals surface area contributed by atoms with Crippen LogP contribution in [0.5, 0.6) is 5.75 Å². The van der Waals surface area contributed by atoms with Gasteiger partial charge in [-0.3, -0.25) is 4.79 Å². The first kappa shape index (κ1) is 18.8.